The number of aliphatic hydroxyl groups is 1. The monoisotopic (exact) mass is 644 g/mol. The molecule has 3 rings (SSSR count). The average Bonchev–Trinajstić information content (AvgIpc) is 3.58. The van der Waals surface area contributed by atoms with E-state index in [1.807, 2.05) is 35.7 Å². The van der Waals surface area contributed by atoms with Crippen LogP contribution in [0.3, 0.4) is 0 Å². The number of rotatable bonds is 12. The normalized spacial score (nSPS) is 13.9. The van der Waals surface area contributed by atoms with E-state index >= 15 is 0 Å². The summed E-state index contributed by atoms with van der Waals surface area (Å²) in [5.74, 6) is 0.120. The highest BCUT2D eigenvalue weighted by molar-refractivity contribution is 7.13. The topological polar surface area (TPSA) is 168 Å². The van der Waals surface area contributed by atoms with Gasteiger partial charge in [0.2, 0.25) is 0 Å². The van der Waals surface area contributed by atoms with Gasteiger partial charge in [-0.3, -0.25) is 10.2 Å². The molecule has 0 bridgehead atoms. The molecule has 1 aromatic carbocycles. The van der Waals surface area contributed by atoms with Crippen LogP contribution in [-0.2, 0) is 27.2 Å². The third kappa shape index (κ3) is 11.5. The minimum absolute atomic E-state index is 0.0930. The zero-order valence-corrected chi connectivity index (χ0v) is 27.9. The summed E-state index contributed by atoms with van der Waals surface area (Å²) in [6, 6.07) is 9.42. The van der Waals surface area contributed by atoms with Crippen molar-refractivity contribution in [2.45, 2.75) is 85.2 Å². The van der Waals surface area contributed by atoms with Crippen LogP contribution in [0.2, 0.25) is 0 Å². The van der Waals surface area contributed by atoms with Gasteiger partial charge >= 0.3 is 12.2 Å². The van der Waals surface area contributed by atoms with Crippen molar-refractivity contribution in [3.05, 3.63) is 58.8 Å². The van der Waals surface area contributed by atoms with Gasteiger partial charge < -0.3 is 29.7 Å². The quantitative estimate of drug-likeness (QED) is 0.210. The SMILES string of the molecule is COC(=O)N[C@H](C(=O)NN(Cc1csc(-c2cc(C)on2)n1)C[C@H](O)[C@H](Cc1ccccc1)NC(=O)OC(C)(C)C)C(C)(C)C. The van der Waals surface area contributed by atoms with E-state index in [2.05, 4.69) is 26.2 Å². The predicted molar refractivity (Wildman–Crippen MR) is 169 cm³/mol. The van der Waals surface area contributed by atoms with E-state index < -0.39 is 47.3 Å². The molecule has 0 saturated heterocycles. The highest BCUT2D eigenvalue weighted by Crippen LogP contribution is 2.24. The molecule has 45 heavy (non-hydrogen) atoms. The summed E-state index contributed by atoms with van der Waals surface area (Å²) in [5, 5.41) is 24.9. The lowest BCUT2D eigenvalue weighted by atomic mass is 9.86. The number of hydrogen-bond acceptors (Lipinski definition) is 11. The van der Waals surface area contributed by atoms with Gasteiger partial charge in [-0.15, -0.1) is 11.3 Å². The lowest BCUT2D eigenvalue weighted by Crippen LogP contribution is -2.59. The molecular weight excluding hydrogens is 600 g/mol. The van der Waals surface area contributed by atoms with Crippen LogP contribution >= 0.6 is 11.3 Å². The van der Waals surface area contributed by atoms with Gasteiger partial charge in [0, 0.05) is 18.0 Å². The molecule has 2 heterocycles. The number of hydrazine groups is 1. The van der Waals surface area contributed by atoms with Gasteiger partial charge in [0.1, 0.15) is 28.1 Å². The lowest BCUT2D eigenvalue weighted by molar-refractivity contribution is -0.131. The molecule has 0 unspecified atom stereocenters. The molecule has 0 saturated carbocycles. The molecular formula is C31H44N6O7S. The Hall–Kier alpha value is -4.01. The van der Waals surface area contributed by atoms with E-state index in [4.69, 9.17) is 14.0 Å². The second-order valence-electron chi connectivity index (χ2n) is 12.8. The van der Waals surface area contributed by atoms with Crippen molar-refractivity contribution in [2.75, 3.05) is 13.7 Å². The maximum atomic E-state index is 13.6. The molecule has 3 amide bonds. The molecule has 4 N–H and O–H groups in total. The summed E-state index contributed by atoms with van der Waals surface area (Å²) < 4.78 is 15.4. The highest BCUT2D eigenvalue weighted by Gasteiger charge is 2.35. The third-order valence-electron chi connectivity index (χ3n) is 6.47. The van der Waals surface area contributed by atoms with Crippen LogP contribution in [0.5, 0.6) is 0 Å². The molecule has 0 fully saturated rings. The third-order valence-corrected chi connectivity index (χ3v) is 7.38. The summed E-state index contributed by atoms with van der Waals surface area (Å²) in [5.41, 5.74) is 3.48. The molecule has 13 nitrogen and oxygen atoms in total. The molecule has 2 aromatic heterocycles. The number of methoxy groups -OCH3 is 1. The van der Waals surface area contributed by atoms with Crippen molar-refractivity contribution in [2.24, 2.45) is 5.41 Å². The van der Waals surface area contributed by atoms with Crippen LogP contribution in [0.25, 0.3) is 10.7 Å². The molecule has 246 valence electrons. The van der Waals surface area contributed by atoms with Crippen LogP contribution in [0.4, 0.5) is 9.59 Å². The van der Waals surface area contributed by atoms with Crippen LogP contribution in [0.15, 0.2) is 46.3 Å². The molecule has 14 heteroatoms. The average molecular weight is 645 g/mol. The number of carbonyl (C=O) groups is 3. The van der Waals surface area contributed by atoms with E-state index in [1.54, 1.807) is 54.5 Å². The minimum Gasteiger partial charge on any atom is -0.453 e. The number of aromatic nitrogens is 2. The van der Waals surface area contributed by atoms with Gasteiger partial charge in [0.15, 0.2) is 0 Å². The van der Waals surface area contributed by atoms with E-state index in [1.165, 1.54) is 23.5 Å². The van der Waals surface area contributed by atoms with Crippen molar-refractivity contribution in [3.8, 4) is 10.7 Å². The molecule has 0 aliphatic heterocycles. The van der Waals surface area contributed by atoms with Crippen molar-refractivity contribution < 1.29 is 33.5 Å². The van der Waals surface area contributed by atoms with Gasteiger partial charge in [-0.05, 0) is 45.1 Å². The second-order valence-corrected chi connectivity index (χ2v) is 13.6. The number of nitrogens with zero attached hydrogens (tertiary/aromatic N) is 3. The standard InChI is InChI=1S/C31H44N6O7S/c1-19-14-23(36-44-19)27-32-21(18-45-27)16-37(35-26(39)25(30(2,3)4)34-28(40)42-8)17-24(38)22(15-20-12-10-9-11-13-20)33-29(41)43-31(5,6)7/h9-14,18,22,24-25,38H,15-17H2,1-8H3,(H,33,41)(H,34,40)(H,35,39)/t22-,24-,25+/m0/s1. The molecule has 0 aliphatic carbocycles. The number of ether oxygens (including phenoxy) is 2. The summed E-state index contributed by atoms with van der Waals surface area (Å²) in [6.07, 6.45) is -2.31. The van der Waals surface area contributed by atoms with E-state index in [9.17, 15) is 19.5 Å². The molecule has 0 aliphatic rings. The number of hydrogen-bond donors (Lipinski definition) is 4. The molecule has 0 spiro atoms. The van der Waals surface area contributed by atoms with Crippen molar-refractivity contribution in [1.29, 1.82) is 0 Å². The Bertz CT molecular complexity index is 1410. The first kappa shape index (κ1) is 35.5. The van der Waals surface area contributed by atoms with Crippen molar-refractivity contribution >= 4 is 29.4 Å². The Labute approximate surface area is 267 Å². The molecule has 0 radical (unpaired) electrons. The number of aliphatic hydroxyl groups excluding tert-OH is 1. The number of alkyl carbamates (subject to hydrolysis) is 2. The zero-order chi connectivity index (χ0) is 33.4. The Morgan fingerprint density at radius 3 is 2.33 bits per heavy atom. The van der Waals surface area contributed by atoms with Crippen molar-refractivity contribution in [3.63, 3.8) is 0 Å². The smallest absolute Gasteiger partial charge is 0.407 e. The van der Waals surface area contributed by atoms with Crippen molar-refractivity contribution in [1.82, 2.24) is 31.2 Å². The number of benzene rings is 1. The fourth-order valence-corrected chi connectivity index (χ4v) is 5.11. The number of carbonyl (C=O) groups excluding carboxylic acids is 3. The second kappa shape index (κ2) is 15.3. The summed E-state index contributed by atoms with van der Waals surface area (Å²) in [6.45, 7) is 12.4. The highest BCUT2D eigenvalue weighted by atomic mass is 32.1. The summed E-state index contributed by atoms with van der Waals surface area (Å²) >= 11 is 1.36. The number of nitrogens with one attached hydrogen (secondary N) is 3. The van der Waals surface area contributed by atoms with Crippen LogP contribution < -0.4 is 16.1 Å². The van der Waals surface area contributed by atoms with E-state index in [-0.39, 0.29) is 13.1 Å². The predicted octanol–water partition coefficient (Wildman–Crippen LogP) is 4.21. The lowest BCUT2D eigenvalue weighted by Gasteiger charge is -2.34. The molecule has 3 atom stereocenters. The fraction of sp³-hybridized carbons (Fsp3) is 0.516. The van der Waals surface area contributed by atoms with Gasteiger partial charge in [0.25, 0.3) is 5.91 Å². The van der Waals surface area contributed by atoms with Gasteiger partial charge in [0.05, 0.1) is 31.5 Å². The Morgan fingerprint density at radius 2 is 1.76 bits per heavy atom. The Balaban J connectivity index is 1.89. The first-order chi connectivity index (χ1) is 21.0. The van der Waals surface area contributed by atoms with Crippen LogP contribution in [0, 0.1) is 12.3 Å². The summed E-state index contributed by atoms with van der Waals surface area (Å²) in [7, 11) is 1.22. The van der Waals surface area contributed by atoms with Gasteiger partial charge in [-0.1, -0.05) is 56.3 Å². The maximum Gasteiger partial charge on any atom is 0.407 e. The molecule has 3 aromatic rings. The minimum atomic E-state index is -1.17. The van der Waals surface area contributed by atoms with Gasteiger partial charge in [-0.2, -0.15) is 0 Å². The van der Waals surface area contributed by atoms with Gasteiger partial charge in [-0.25, -0.2) is 19.6 Å². The number of amides is 3. The van der Waals surface area contributed by atoms with E-state index in [0.29, 0.717) is 28.6 Å². The van der Waals surface area contributed by atoms with E-state index in [0.717, 1.165) is 5.56 Å². The van der Waals surface area contributed by atoms with Crippen LogP contribution in [-0.4, -0.2) is 75.8 Å². The van der Waals surface area contributed by atoms with Crippen LogP contribution in [0.1, 0.15) is 58.6 Å². The number of aryl methyl sites for hydroxylation is 1. The Kier molecular flexibility index (Phi) is 12.1. The number of thiazole rings is 1. The largest absolute Gasteiger partial charge is 0.453 e. The summed E-state index contributed by atoms with van der Waals surface area (Å²) in [4.78, 5) is 43.1. The zero-order valence-electron chi connectivity index (χ0n) is 27.0. The first-order valence-corrected chi connectivity index (χ1v) is 15.4. The maximum absolute atomic E-state index is 13.6. The fourth-order valence-electron chi connectivity index (χ4n) is 4.35. The Morgan fingerprint density at radius 1 is 1.07 bits per heavy atom. The first-order valence-electron chi connectivity index (χ1n) is 14.5.